The molecule has 0 radical (unpaired) electrons. The van der Waals surface area contributed by atoms with Crippen LogP contribution in [0.1, 0.15) is 6.92 Å². The number of halogens is 2. The molecule has 1 aliphatic heterocycles. The molecule has 0 saturated carbocycles. The summed E-state index contributed by atoms with van der Waals surface area (Å²) in [6, 6.07) is -1.02. The minimum absolute atomic E-state index is 0.756. The van der Waals surface area contributed by atoms with Crippen LogP contribution in [0.5, 0.6) is 0 Å². The average Bonchev–Trinajstić information content (AvgIpc) is 1.84. The van der Waals surface area contributed by atoms with E-state index < -0.39 is 23.9 Å². The minimum atomic E-state index is -2.67. The van der Waals surface area contributed by atoms with Crippen molar-refractivity contribution in [2.45, 2.75) is 18.9 Å². The Morgan fingerprint density at radius 2 is 2.09 bits per heavy atom. The van der Waals surface area contributed by atoms with E-state index >= 15 is 0 Å². The van der Waals surface area contributed by atoms with Gasteiger partial charge in [0.05, 0.1) is 0 Å². The zero-order valence-electron chi connectivity index (χ0n) is 5.65. The van der Waals surface area contributed by atoms with Crippen LogP contribution in [0.15, 0.2) is 0 Å². The fourth-order valence-electron chi connectivity index (χ4n) is 0.627. The number of hydrogen-bond donors (Lipinski definition) is 2. The lowest BCUT2D eigenvalue weighted by Gasteiger charge is -2.28. The maximum Gasteiger partial charge on any atom is 0.323 e. The highest BCUT2D eigenvalue weighted by molar-refractivity contribution is 6.01. The van der Waals surface area contributed by atoms with Gasteiger partial charge in [-0.2, -0.15) is 0 Å². The molecule has 1 fully saturated rings. The first-order valence-electron chi connectivity index (χ1n) is 2.89. The van der Waals surface area contributed by atoms with Gasteiger partial charge >= 0.3 is 6.03 Å². The number of imide groups is 1. The van der Waals surface area contributed by atoms with E-state index in [2.05, 4.69) is 0 Å². The Kier molecular flexibility index (Phi) is 1.54. The van der Waals surface area contributed by atoms with Crippen LogP contribution in [0, 0.1) is 0 Å². The summed E-state index contributed by atoms with van der Waals surface area (Å²) in [5, 5.41) is 3.18. The summed E-state index contributed by atoms with van der Waals surface area (Å²) in [6.45, 7) is 0.756. The van der Waals surface area contributed by atoms with Crippen molar-refractivity contribution in [3.05, 3.63) is 0 Å². The molecule has 0 bridgehead atoms. The summed E-state index contributed by atoms with van der Waals surface area (Å²) >= 11 is 0. The summed E-state index contributed by atoms with van der Waals surface area (Å²) in [5.41, 5.74) is -2.67. The van der Waals surface area contributed by atoms with Gasteiger partial charge in [-0.05, 0) is 6.92 Å². The lowest BCUT2D eigenvalue weighted by molar-refractivity contribution is -0.137. The van der Waals surface area contributed by atoms with Gasteiger partial charge in [-0.3, -0.25) is 10.1 Å². The van der Waals surface area contributed by atoms with Crippen molar-refractivity contribution in [1.82, 2.24) is 10.6 Å². The molecule has 11 heavy (non-hydrogen) atoms. The van der Waals surface area contributed by atoms with Crippen LogP contribution in [-0.2, 0) is 4.79 Å². The first-order chi connectivity index (χ1) is 4.94. The molecule has 0 aromatic carbocycles. The lowest BCUT2D eigenvalue weighted by Crippen LogP contribution is -2.64. The van der Waals surface area contributed by atoms with Gasteiger partial charge < -0.3 is 5.32 Å². The summed E-state index contributed by atoms with van der Waals surface area (Å²) in [7, 11) is 0. The van der Waals surface area contributed by atoms with Crippen LogP contribution in [0.3, 0.4) is 0 Å². The summed E-state index contributed by atoms with van der Waals surface area (Å²) in [4.78, 5) is 20.9. The molecule has 3 amide bonds. The second kappa shape index (κ2) is 2.14. The molecule has 0 aromatic heterocycles. The Bertz CT molecular complexity index is 217. The van der Waals surface area contributed by atoms with E-state index in [0.29, 0.717) is 0 Å². The molecule has 1 heterocycles. The maximum atomic E-state index is 12.8. The Labute approximate surface area is 60.9 Å². The monoisotopic (exact) mass is 164 g/mol. The second-order valence-electron chi connectivity index (χ2n) is 2.37. The Hall–Kier alpha value is -1.20. The lowest BCUT2D eigenvalue weighted by atomic mass is 10.1. The second-order valence-corrected chi connectivity index (χ2v) is 2.37. The molecule has 0 unspecified atom stereocenters. The van der Waals surface area contributed by atoms with E-state index in [1.807, 2.05) is 0 Å². The van der Waals surface area contributed by atoms with Gasteiger partial charge in [0.2, 0.25) is 12.0 Å². The molecule has 1 rings (SSSR count). The van der Waals surface area contributed by atoms with Crippen molar-refractivity contribution in [3.8, 4) is 0 Å². The molecule has 62 valence electrons. The molecule has 6 heteroatoms. The number of carbonyl (C=O) groups is 2. The predicted octanol–water partition coefficient (Wildman–Crippen LogP) is -0.150. The number of hydrogen-bond acceptors (Lipinski definition) is 2. The molecule has 2 atom stereocenters. The van der Waals surface area contributed by atoms with E-state index in [-0.39, 0.29) is 0 Å². The van der Waals surface area contributed by atoms with Crippen molar-refractivity contribution >= 4 is 11.9 Å². The normalized spacial score (nSPS) is 37.9. The topological polar surface area (TPSA) is 58.2 Å². The Morgan fingerprint density at radius 3 is 2.55 bits per heavy atom. The smallest absolute Gasteiger partial charge is 0.305 e. The van der Waals surface area contributed by atoms with E-state index in [9.17, 15) is 18.4 Å². The minimum Gasteiger partial charge on any atom is -0.305 e. The van der Waals surface area contributed by atoms with E-state index in [1.54, 1.807) is 10.6 Å². The van der Waals surface area contributed by atoms with Crippen molar-refractivity contribution in [1.29, 1.82) is 0 Å². The van der Waals surface area contributed by atoms with Gasteiger partial charge in [0, 0.05) is 0 Å². The first-order valence-corrected chi connectivity index (χ1v) is 2.89. The highest BCUT2D eigenvalue weighted by Gasteiger charge is 2.47. The molecule has 2 N–H and O–H groups in total. The number of rotatable bonds is 0. The fraction of sp³-hybridized carbons (Fsp3) is 0.600. The molecule has 0 aliphatic carbocycles. The highest BCUT2D eigenvalue weighted by atomic mass is 19.2. The number of alkyl halides is 2. The van der Waals surface area contributed by atoms with Crippen LogP contribution in [0.4, 0.5) is 13.6 Å². The molecule has 1 saturated heterocycles. The van der Waals surface area contributed by atoms with E-state index in [1.165, 1.54) is 0 Å². The third-order valence-corrected chi connectivity index (χ3v) is 1.40. The average molecular weight is 164 g/mol. The van der Waals surface area contributed by atoms with Gasteiger partial charge in [-0.25, -0.2) is 13.6 Å². The molecule has 0 spiro atoms. The molecule has 0 aromatic rings. The molecule has 4 nitrogen and oxygen atoms in total. The Balaban J connectivity index is 2.84. The van der Waals surface area contributed by atoms with Crippen LogP contribution < -0.4 is 10.6 Å². The molecular weight excluding hydrogens is 158 g/mol. The highest BCUT2D eigenvalue weighted by Crippen LogP contribution is 2.19. The van der Waals surface area contributed by atoms with Crippen LogP contribution in [0.2, 0.25) is 0 Å². The zero-order valence-corrected chi connectivity index (χ0v) is 5.65. The number of amides is 3. The van der Waals surface area contributed by atoms with Crippen LogP contribution >= 0.6 is 0 Å². The SMILES string of the molecule is C[C@@]1(F)C(=O)NC(=O)N[C@H]1F. The van der Waals surface area contributed by atoms with Crippen molar-refractivity contribution in [2.24, 2.45) is 0 Å². The summed E-state index contributed by atoms with van der Waals surface area (Å²) in [6.07, 6.45) is -2.27. The van der Waals surface area contributed by atoms with E-state index in [4.69, 9.17) is 0 Å². The van der Waals surface area contributed by atoms with Crippen molar-refractivity contribution in [3.63, 3.8) is 0 Å². The van der Waals surface area contributed by atoms with Crippen LogP contribution in [-0.4, -0.2) is 23.9 Å². The predicted molar refractivity (Wildman–Crippen MR) is 31.1 cm³/mol. The Morgan fingerprint density at radius 1 is 1.55 bits per heavy atom. The largest absolute Gasteiger partial charge is 0.323 e. The number of carbonyl (C=O) groups excluding carboxylic acids is 2. The first kappa shape index (κ1) is 7.90. The van der Waals surface area contributed by atoms with Gasteiger partial charge in [-0.15, -0.1) is 0 Å². The number of urea groups is 1. The quantitative estimate of drug-likeness (QED) is 0.489. The summed E-state index contributed by atoms with van der Waals surface area (Å²) in [5.74, 6) is -1.26. The van der Waals surface area contributed by atoms with E-state index in [0.717, 1.165) is 6.92 Å². The number of nitrogens with one attached hydrogen (secondary N) is 2. The standard InChI is InChI=1S/C5H6F2N2O2/c1-5(7)2(6)8-4(11)9-3(5)10/h2H,1H3,(H2,8,9,10,11)/t2-,5+/m1/s1. The van der Waals surface area contributed by atoms with Gasteiger partial charge in [-0.1, -0.05) is 0 Å². The fourth-order valence-corrected chi connectivity index (χ4v) is 0.627. The molecule has 1 aliphatic rings. The molecular formula is C5H6F2N2O2. The zero-order chi connectivity index (χ0) is 8.65. The van der Waals surface area contributed by atoms with Crippen LogP contribution in [0.25, 0.3) is 0 Å². The summed E-state index contributed by atoms with van der Waals surface area (Å²) < 4.78 is 25.3. The maximum absolute atomic E-state index is 12.8. The third-order valence-electron chi connectivity index (χ3n) is 1.40. The third kappa shape index (κ3) is 1.15. The van der Waals surface area contributed by atoms with Gasteiger partial charge in [0.15, 0.2) is 0 Å². The van der Waals surface area contributed by atoms with Crippen molar-refractivity contribution < 1.29 is 18.4 Å². The van der Waals surface area contributed by atoms with Crippen molar-refractivity contribution in [2.75, 3.05) is 0 Å². The van der Waals surface area contributed by atoms with Gasteiger partial charge in [0.1, 0.15) is 0 Å². The van der Waals surface area contributed by atoms with Gasteiger partial charge in [0.25, 0.3) is 5.91 Å².